The topological polar surface area (TPSA) is 79.0 Å². The van der Waals surface area contributed by atoms with E-state index >= 15 is 0 Å². The average molecular weight is 360 g/mol. The van der Waals surface area contributed by atoms with E-state index in [2.05, 4.69) is 15.0 Å². The first-order valence-electron chi connectivity index (χ1n) is 9.34. The Balaban J connectivity index is 1.50. The molecule has 1 N–H and O–H groups in total. The summed E-state index contributed by atoms with van der Waals surface area (Å²) in [6.45, 7) is 3.10. The number of nitrogens with zero attached hydrogens (tertiary/aromatic N) is 3. The minimum Gasteiger partial charge on any atom is -0.336 e. The highest BCUT2D eigenvalue weighted by Crippen LogP contribution is 2.40. The monoisotopic (exact) mass is 360 g/mol. The van der Waals surface area contributed by atoms with Crippen LogP contribution in [0, 0.1) is 12.8 Å². The highest BCUT2D eigenvalue weighted by atomic mass is 16.2. The third kappa shape index (κ3) is 2.55. The van der Waals surface area contributed by atoms with E-state index in [9.17, 15) is 9.59 Å². The molecule has 1 aliphatic carbocycles. The van der Waals surface area contributed by atoms with E-state index in [1.807, 2.05) is 42.2 Å². The van der Waals surface area contributed by atoms with E-state index in [0.29, 0.717) is 30.5 Å². The van der Waals surface area contributed by atoms with Crippen LogP contribution in [0.15, 0.2) is 41.3 Å². The van der Waals surface area contributed by atoms with Gasteiger partial charge in [0.2, 0.25) is 0 Å². The quantitative estimate of drug-likeness (QED) is 0.723. The van der Waals surface area contributed by atoms with Crippen LogP contribution >= 0.6 is 0 Å². The van der Waals surface area contributed by atoms with Gasteiger partial charge in [0.25, 0.3) is 11.5 Å². The molecule has 1 fully saturated rings. The number of aromatic amines is 1. The number of carbonyl (C=O) groups is 1. The Kier molecular flexibility index (Phi) is 3.60. The van der Waals surface area contributed by atoms with Crippen molar-refractivity contribution in [3.05, 3.63) is 69.7 Å². The van der Waals surface area contributed by atoms with Gasteiger partial charge in [-0.3, -0.25) is 14.6 Å². The molecule has 0 spiro atoms. The number of aromatic nitrogens is 3. The summed E-state index contributed by atoms with van der Waals surface area (Å²) >= 11 is 0. The van der Waals surface area contributed by atoms with Crippen molar-refractivity contribution in [1.29, 1.82) is 0 Å². The second-order valence-electron chi connectivity index (χ2n) is 7.51. The van der Waals surface area contributed by atoms with Crippen molar-refractivity contribution in [2.24, 2.45) is 5.92 Å². The summed E-state index contributed by atoms with van der Waals surface area (Å²) in [5.74, 6) is 1.09. The van der Waals surface area contributed by atoms with Gasteiger partial charge in [-0.15, -0.1) is 0 Å². The minimum absolute atomic E-state index is 0.0311. The second-order valence-corrected chi connectivity index (χ2v) is 7.51. The first-order chi connectivity index (χ1) is 13.1. The molecule has 0 unspecified atom stereocenters. The third-order valence-electron chi connectivity index (χ3n) is 5.89. The molecule has 2 aliphatic rings. The van der Waals surface area contributed by atoms with Crippen molar-refractivity contribution in [3.8, 4) is 0 Å². The van der Waals surface area contributed by atoms with Crippen LogP contribution in [0.3, 0.4) is 0 Å². The predicted molar refractivity (Wildman–Crippen MR) is 102 cm³/mol. The van der Waals surface area contributed by atoms with Crippen molar-refractivity contribution in [1.82, 2.24) is 19.9 Å². The van der Waals surface area contributed by atoms with E-state index in [-0.39, 0.29) is 17.4 Å². The van der Waals surface area contributed by atoms with Gasteiger partial charge < -0.3 is 9.88 Å². The number of H-pyrrole nitrogens is 1. The molecule has 1 amide bonds. The molecule has 136 valence electrons. The van der Waals surface area contributed by atoms with Crippen LogP contribution in [0.4, 0.5) is 0 Å². The molecule has 0 bridgehead atoms. The van der Waals surface area contributed by atoms with Gasteiger partial charge in [-0.05, 0) is 37.1 Å². The molecule has 3 aromatic rings. The Morgan fingerprint density at radius 1 is 1.22 bits per heavy atom. The number of hydrogen-bond donors (Lipinski definition) is 1. The van der Waals surface area contributed by atoms with Crippen molar-refractivity contribution < 1.29 is 4.79 Å². The second kappa shape index (κ2) is 6.01. The van der Waals surface area contributed by atoms with Crippen LogP contribution in [-0.4, -0.2) is 38.8 Å². The summed E-state index contributed by atoms with van der Waals surface area (Å²) < 4.78 is 0. The fourth-order valence-electron chi connectivity index (χ4n) is 4.59. The largest absolute Gasteiger partial charge is 0.336 e. The normalized spacial score (nSPS) is 21.1. The number of carbonyl (C=O) groups excluding carboxylic acids is 1. The fourth-order valence-corrected chi connectivity index (χ4v) is 4.59. The number of aryl methyl sites for hydroxylation is 1. The maximum Gasteiger partial charge on any atom is 0.273 e. The van der Waals surface area contributed by atoms with E-state index in [1.165, 1.54) is 0 Å². The van der Waals surface area contributed by atoms with Gasteiger partial charge in [0.1, 0.15) is 11.5 Å². The molecule has 3 heterocycles. The third-order valence-corrected chi connectivity index (χ3v) is 5.89. The number of likely N-dealkylation sites (tertiary alicyclic amines) is 1. The lowest BCUT2D eigenvalue weighted by Crippen LogP contribution is -2.30. The highest BCUT2D eigenvalue weighted by Gasteiger charge is 2.41. The van der Waals surface area contributed by atoms with E-state index in [0.717, 1.165) is 34.9 Å². The Bertz CT molecular complexity index is 1120. The number of pyridine rings is 1. The molecule has 2 atom stereocenters. The zero-order chi connectivity index (χ0) is 18.5. The number of benzene rings is 1. The van der Waals surface area contributed by atoms with Crippen molar-refractivity contribution >= 4 is 16.7 Å². The molecule has 2 aromatic heterocycles. The fraction of sp³-hybridized carbons (Fsp3) is 0.333. The van der Waals surface area contributed by atoms with Crippen LogP contribution in [0.25, 0.3) is 10.8 Å². The Hall–Kier alpha value is -3.02. The number of hydrogen-bond acceptors (Lipinski definition) is 4. The van der Waals surface area contributed by atoms with Crippen molar-refractivity contribution in [2.45, 2.75) is 25.7 Å². The lowest BCUT2D eigenvalue weighted by atomic mass is 9.80. The van der Waals surface area contributed by atoms with Crippen LogP contribution in [0.5, 0.6) is 0 Å². The maximum atomic E-state index is 13.2. The average Bonchev–Trinajstić information content (AvgIpc) is 3.12. The lowest BCUT2D eigenvalue weighted by Gasteiger charge is -2.25. The molecule has 6 nitrogen and oxygen atoms in total. The summed E-state index contributed by atoms with van der Waals surface area (Å²) in [4.78, 5) is 39.2. The maximum absolute atomic E-state index is 13.2. The predicted octanol–water partition coefficient (Wildman–Crippen LogP) is 2.43. The van der Waals surface area contributed by atoms with Crippen LogP contribution in [0.2, 0.25) is 0 Å². The van der Waals surface area contributed by atoms with Crippen LogP contribution in [0.1, 0.15) is 39.9 Å². The Labute approximate surface area is 156 Å². The van der Waals surface area contributed by atoms with E-state index < -0.39 is 0 Å². The van der Waals surface area contributed by atoms with Crippen molar-refractivity contribution in [3.63, 3.8) is 0 Å². The molecule has 1 aromatic carbocycles. The molecular formula is C21H20N4O2. The SMILES string of the molecule is Cc1nc2c(c(=O)[nH]1)CC[C@@H]1CN(C(=O)c3nccc4ccccc34)C[C@H]21. The van der Waals surface area contributed by atoms with Gasteiger partial charge in [-0.25, -0.2) is 4.98 Å². The van der Waals surface area contributed by atoms with Gasteiger partial charge in [-0.1, -0.05) is 24.3 Å². The first-order valence-corrected chi connectivity index (χ1v) is 9.34. The summed E-state index contributed by atoms with van der Waals surface area (Å²) in [5.41, 5.74) is 2.14. The molecule has 0 radical (unpaired) electrons. The summed E-state index contributed by atoms with van der Waals surface area (Å²) in [5, 5.41) is 1.90. The Morgan fingerprint density at radius 2 is 2.07 bits per heavy atom. The van der Waals surface area contributed by atoms with E-state index in [1.54, 1.807) is 6.20 Å². The number of fused-ring (bicyclic) bond motifs is 4. The standard InChI is InChI=1S/C21H20N4O2/c1-12-23-18-16(20(26)24-12)7-6-14-10-25(11-17(14)18)21(27)19-15-5-3-2-4-13(15)8-9-22-19/h2-5,8-9,14,17H,6-7,10-11H2,1H3,(H,23,24,26)/t14-,17+/m1/s1. The highest BCUT2D eigenvalue weighted by molar-refractivity contribution is 6.05. The smallest absolute Gasteiger partial charge is 0.273 e. The molecule has 5 rings (SSSR count). The minimum atomic E-state index is -0.0377. The zero-order valence-corrected chi connectivity index (χ0v) is 15.1. The van der Waals surface area contributed by atoms with Crippen molar-refractivity contribution in [2.75, 3.05) is 13.1 Å². The molecule has 6 heteroatoms. The van der Waals surface area contributed by atoms with E-state index in [4.69, 9.17) is 0 Å². The van der Waals surface area contributed by atoms with Gasteiger partial charge in [0.15, 0.2) is 0 Å². The summed E-state index contributed by atoms with van der Waals surface area (Å²) in [6, 6.07) is 9.75. The number of amides is 1. The number of nitrogens with one attached hydrogen (secondary N) is 1. The summed E-state index contributed by atoms with van der Waals surface area (Å²) in [6.07, 6.45) is 3.34. The zero-order valence-electron chi connectivity index (χ0n) is 15.1. The number of rotatable bonds is 1. The van der Waals surface area contributed by atoms with Crippen LogP contribution < -0.4 is 5.56 Å². The van der Waals surface area contributed by atoms with Gasteiger partial charge >= 0.3 is 0 Å². The lowest BCUT2D eigenvalue weighted by molar-refractivity contribution is 0.0782. The van der Waals surface area contributed by atoms with Gasteiger partial charge in [0.05, 0.1) is 5.69 Å². The molecule has 27 heavy (non-hydrogen) atoms. The molecule has 1 saturated heterocycles. The summed E-state index contributed by atoms with van der Waals surface area (Å²) in [7, 11) is 0. The van der Waals surface area contributed by atoms with Gasteiger partial charge in [-0.2, -0.15) is 0 Å². The molecule has 0 saturated carbocycles. The van der Waals surface area contributed by atoms with Crippen LogP contribution in [-0.2, 0) is 6.42 Å². The Morgan fingerprint density at radius 3 is 2.96 bits per heavy atom. The molecule has 1 aliphatic heterocycles. The van der Waals surface area contributed by atoms with Gasteiger partial charge in [0, 0.05) is 36.2 Å². The first kappa shape index (κ1) is 16.2. The molecular weight excluding hydrogens is 340 g/mol.